The summed E-state index contributed by atoms with van der Waals surface area (Å²) in [6, 6.07) is 0.185. The largest absolute Gasteiger partial charge is 0.390 e. The average molecular weight is 212 g/mol. The predicted molar refractivity (Wildman–Crippen MR) is 51.0 cm³/mol. The fourth-order valence-electron chi connectivity index (χ4n) is 1.07. The van der Waals surface area contributed by atoms with Crippen LogP contribution in [-0.4, -0.2) is 25.3 Å². The lowest BCUT2D eigenvalue weighted by molar-refractivity contribution is -0.133. The van der Waals surface area contributed by atoms with Gasteiger partial charge in [0.25, 0.3) is 0 Å². The zero-order chi connectivity index (χ0) is 11.0. The first-order chi connectivity index (χ1) is 6.42. The molecule has 0 saturated heterocycles. The summed E-state index contributed by atoms with van der Waals surface area (Å²) in [4.78, 5) is 0. The maximum atomic E-state index is 11.7. The van der Waals surface area contributed by atoms with Crippen molar-refractivity contribution in [1.82, 2.24) is 5.32 Å². The van der Waals surface area contributed by atoms with E-state index in [-0.39, 0.29) is 12.6 Å². The topological polar surface area (TPSA) is 38.0 Å². The van der Waals surface area contributed by atoms with E-state index in [0.717, 1.165) is 19.3 Å². The summed E-state index contributed by atoms with van der Waals surface area (Å²) in [6.45, 7) is 2.58. The van der Waals surface area contributed by atoms with Gasteiger partial charge in [-0.05, 0) is 26.3 Å². The molecular formula is C9H19F3N2. The van der Waals surface area contributed by atoms with E-state index in [1.165, 1.54) is 0 Å². The van der Waals surface area contributed by atoms with E-state index >= 15 is 0 Å². The molecule has 0 saturated carbocycles. The predicted octanol–water partition coefficient (Wildman–Crippen LogP) is 2.05. The SMILES string of the molecule is CC(N)CCCCNCCC(F)(F)F. The summed E-state index contributed by atoms with van der Waals surface area (Å²) in [5.41, 5.74) is 5.52. The van der Waals surface area contributed by atoms with Gasteiger partial charge in [-0.3, -0.25) is 0 Å². The highest BCUT2D eigenvalue weighted by molar-refractivity contribution is 4.57. The molecule has 0 amide bonds. The molecule has 5 heteroatoms. The van der Waals surface area contributed by atoms with Gasteiger partial charge in [-0.2, -0.15) is 13.2 Å². The highest BCUT2D eigenvalue weighted by Gasteiger charge is 2.25. The Morgan fingerprint density at radius 2 is 1.86 bits per heavy atom. The molecule has 3 N–H and O–H groups in total. The van der Waals surface area contributed by atoms with Crippen LogP contribution in [0.1, 0.15) is 32.6 Å². The minimum Gasteiger partial charge on any atom is -0.328 e. The Bertz CT molecular complexity index is 135. The zero-order valence-electron chi connectivity index (χ0n) is 8.53. The van der Waals surface area contributed by atoms with Crippen molar-refractivity contribution in [2.75, 3.05) is 13.1 Å². The third-order valence-corrected chi connectivity index (χ3v) is 1.85. The number of nitrogens with two attached hydrogens (primary N) is 1. The van der Waals surface area contributed by atoms with Crippen LogP contribution in [0.2, 0.25) is 0 Å². The molecule has 0 rings (SSSR count). The number of hydrogen-bond acceptors (Lipinski definition) is 2. The average Bonchev–Trinajstić information content (AvgIpc) is 2.00. The monoisotopic (exact) mass is 212 g/mol. The first-order valence-electron chi connectivity index (χ1n) is 4.95. The molecule has 0 spiro atoms. The third-order valence-electron chi connectivity index (χ3n) is 1.85. The van der Waals surface area contributed by atoms with E-state index in [1.807, 2.05) is 6.92 Å². The third kappa shape index (κ3) is 11.7. The van der Waals surface area contributed by atoms with Gasteiger partial charge in [0.1, 0.15) is 0 Å². The molecule has 0 aliphatic heterocycles. The zero-order valence-corrected chi connectivity index (χ0v) is 8.53. The van der Waals surface area contributed by atoms with Crippen LogP contribution in [0.25, 0.3) is 0 Å². The van der Waals surface area contributed by atoms with Gasteiger partial charge in [0.15, 0.2) is 0 Å². The van der Waals surface area contributed by atoms with E-state index in [9.17, 15) is 13.2 Å². The summed E-state index contributed by atoms with van der Waals surface area (Å²) in [5.74, 6) is 0. The van der Waals surface area contributed by atoms with Gasteiger partial charge < -0.3 is 11.1 Å². The van der Waals surface area contributed by atoms with Gasteiger partial charge in [0.05, 0.1) is 6.42 Å². The minimum absolute atomic E-state index is 0.0156. The second-order valence-corrected chi connectivity index (χ2v) is 3.59. The van der Waals surface area contributed by atoms with Crippen LogP contribution < -0.4 is 11.1 Å². The highest BCUT2D eigenvalue weighted by atomic mass is 19.4. The molecule has 0 radical (unpaired) electrons. The Labute approximate surface area is 83.0 Å². The van der Waals surface area contributed by atoms with Crippen molar-refractivity contribution in [3.8, 4) is 0 Å². The van der Waals surface area contributed by atoms with Gasteiger partial charge in [-0.25, -0.2) is 0 Å². The van der Waals surface area contributed by atoms with Crippen molar-refractivity contribution in [3.63, 3.8) is 0 Å². The molecule has 0 aromatic carbocycles. The van der Waals surface area contributed by atoms with Gasteiger partial charge in [0.2, 0.25) is 0 Å². The second-order valence-electron chi connectivity index (χ2n) is 3.59. The first kappa shape index (κ1) is 13.7. The number of hydrogen-bond donors (Lipinski definition) is 2. The molecule has 0 heterocycles. The van der Waals surface area contributed by atoms with Gasteiger partial charge in [0, 0.05) is 12.6 Å². The number of alkyl halides is 3. The van der Waals surface area contributed by atoms with Crippen LogP contribution in [0.15, 0.2) is 0 Å². The highest BCUT2D eigenvalue weighted by Crippen LogP contribution is 2.17. The quantitative estimate of drug-likeness (QED) is 0.634. The molecule has 1 unspecified atom stereocenters. The Hall–Kier alpha value is -0.290. The molecular weight excluding hydrogens is 193 g/mol. The lowest BCUT2D eigenvalue weighted by Crippen LogP contribution is -2.23. The van der Waals surface area contributed by atoms with Crippen molar-refractivity contribution < 1.29 is 13.2 Å². The molecule has 86 valence electrons. The van der Waals surface area contributed by atoms with Crippen molar-refractivity contribution in [3.05, 3.63) is 0 Å². The number of halogens is 3. The van der Waals surface area contributed by atoms with Crippen LogP contribution in [0.4, 0.5) is 13.2 Å². The van der Waals surface area contributed by atoms with E-state index in [4.69, 9.17) is 5.73 Å². The molecule has 14 heavy (non-hydrogen) atoms. The van der Waals surface area contributed by atoms with Crippen LogP contribution in [0.3, 0.4) is 0 Å². The molecule has 0 aliphatic carbocycles. The summed E-state index contributed by atoms with van der Waals surface area (Å²) in [7, 11) is 0. The maximum Gasteiger partial charge on any atom is 0.390 e. The van der Waals surface area contributed by atoms with Crippen molar-refractivity contribution in [2.45, 2.75) is 44.8 Å². The lowest BCUT2D eigenvalue weighted by Gasteiger charge is -2.08. The summed E-state index contributed by atoms with van der Waals surface area (Å²) in [5, 5.41) is 2.75. The molecule has 0 aliphatic rings. The number of unbranched alkanes of at least 4 members (excludes halogenated alkanes) is 1. The summed E-state index contributed by atoms with van der Waals surface area (Å²) < 4.78 is 35.0. The Morgan fingerprint density at radius 1 is 1.21 bits per heavy atom. The molecule has 0 aromatic rings. The summed E-state index contributed by atoms with van der Waals surface area (Å²) in [6.07, 6.45) is -2.00. The van der Waals surface area contributed by atoms with E-state index in [1.54, 1.807) is 0 Å². The fourth-order valence-corrected chi connectivity index (χ4v) is 1.07. The molecule has 1 atom stereocenters. The summed E-state index contributed by atoms with van der Waals surface area (Å²) >= 11 is 0. The second kappa shape index (κ2) is 7.06. The van der Waals surface area contributed by atoms with E-state index < -0.39 is 12.6 Å². The van der Waals surface area contributed by atoms with Crippen LogP contribution in [0, 0.1) is 0 Å². The van der Waals surface area contributed by atoms with Crippen molar-refractivity contribution >= 4 is 0 Å². The Kier molecular flexibility index (Phi) is 6.92. The van der Waals surface area contributed by atoms with Gasteiger partial charge in [-0.15, -0.1) is 0 Å². The van der Waals surface area contributed by atoms with Crippen molar-refractivity contribution in [2.24, 2.45) is 5.73 Å². The Balaban J connectivity index is 3.07. The smallest absolute Gasteiger partial charge is 0.328 e. The number of rotatable bonds is 7. The number of nitrogens with one attached hydrogen (secondary N) is 1. The normalized spacial score (nSPS) is 14.4. The molecule has 0 bridgehead atoms. The molecule has 0 fully saturated rings. The fraction of sp³-hybridized carbons (Fsp3) is 1.00. The first-order valence-corrected chi connectivity index (χ1v) is 4.95. The van der Waals surface area contributed by atoms with E-state index in [2.05, 4.69) is 5.32 Å². The minimum atomic E-state index is -4.04. The standard InChI is InChI=1S/C9H19F3N2/c1-8(13)4-2-3-6-14-7-5-9(10,11)12/h8,14H,2-7,13H2,1H3. The van der Waals surface area contributed by atoms with Crippen LogP contribution >= 0.6 is 0 Å². The Morgan fingerprint density at radius 3 is 2.36 bits per heavy atom. The van der Waals surface area contributed by atoms with Gasteiger partial charge >= 0.3 is 6.18 Å². The van der Waals surface area contributed by atoms with Gasteiger partial charge in [-0.1, -0.05) is 6.42 Å². The van der Waals surface area contributed by atoms with E-state index in [0.29, 0.717) is 6.54 Å². The molecule has 0 aromatic heterocycles. The maximum absolute atomic E-state index is 11.7. The lowest BCUT2D eigenvalue weighted by atomic mass is 10.1. The van der Waals surface area contributed by atoms with Crippen molar-refractivity contribution in [1.29, 1.82) is 0 Å². The molecule has 2 nitrogen and oxygen atoms in total. The van der Waals surface area contributed by atoms with Crippen LogP contribution in [0.5, 0.6) is 0 Å². The van der Waals surface area contributed by atoms with Crippen LogP contribution in [-0.2, 0) is 0 Å².